The summed E-state index contributed by atoms with van der Waals surface area (Å²) in [6, 6.07) is 2.24. The number of rotatable bonds is 3. The quantitative estimate of drug-likeness (QED) is 0.843. The van der Waals surface area contributed by atoms with Gasteiger partial charge in [0.15, 0.2) is 0 Å². The lowest BCUT2D eigenvalue weighted by Crippen LogP contribution is -2.39. The van der Waals surface area contributed by atoms with E-state index in [1.54, 1.807) is 11.3 Å². The van der Waals surface area contributed by atoms with Crippen LogP contribution in [0.4, 0.5) is 0 Å². The third-order valence-corrected chi connectivity index (χ3v) is 3.74. The number of carbonyl (C=O) groups excluding carboxylic acids is 1. The summed E-state index contributed by atoms with van der Waals surface area (Å²) < 4.78 is 0. The van der Waals surface area contributed by atoms with Crippen molar-refractivity contribution in [1.82, 2.24) is 5.32 Å². The van der Waals surface area contributed by atoms with Gasteiger partial charge in [-0.3, -0.25) is 4.79 Å². The van der Waals surface area contributed by atoms with Crippen molar-refractivity contribution in [3.05, 3.63) is 22.4 Å². The fraction of sp³-hybridized carbons (Fsp3) is 0.583. The Balaban J connectivity index is 1.75. The van der Waals surface area contributed by atoms with Gasteiger partial charge in [-0.05, 0) is 48.1 Å². The van der Waals surface area contributed by atoms with Crippen LogP contribution >= 0.6 is 11.3 Å². The SMILES string of the molecule is O=C(Cc1ccsc1)NC1CCC(O)CC1. The summed E-state index contributed by atoms with van der Waals surface area (Å²) in [6.07, 6.45) is 3.73. The largest absolute Gasteiger partial charge is 0.393 e. The van der Waals surface area contributed by atoms with Crippen molar-refractivity contribution in [2.24, 2.45) is 0 Å². The lowest BCUT2D eigenvalue weighted by atomic mass is 9.93. The Morgan fingerprint density at radius 2 is 2.19 bits per heavy atom. The van der Waals surface area contributed by atoms with Crippen molar-refractivity contribution < 1.29 is 9.90 Å². The highest BCUT2D eigenvalue weighted by Crippen LogP contribution is 2.18. The summed E-state index contributed by atoms with van der Waals surface area (Å²) >= 11 is 1.61. The van der Waals surface area contributed by atoms with Gasteiger partial charge in [-0.15, -0.1) is 0 Å². The Labute approximate surface area is 99.5 Å². The van der Waals surface area contributed by atoms with Crippen molar-refractivity contribution in [2.75, 3.05) is 0 Å². The summed E-state index contributed by atoms with van der Waals surface area (Å²) in [4.78, 5) is 11.7. The molecule has 88 valence electrons. The van der Waals surface area contributed by atoms with Crippen molar-refractivity contribution in [3.63, 3.8) is 0 Å². The maximum atomic E-state index is 11.7. The van der Waals surface area contributed by atoms with Gasteiger partial charge in [0.1, 0.15) is 0 Å². The molecule has 1 aromatic rings. The van der Waals surface area contributed by atoms with Crippen LogP contribution in [-0.2, 0) is 11.2 Å². The zero-order chi connectivity index (χ0) is 11.4. The minimum Gasteiger partial charge on any atom is -0.393 e. The van der Waals surface area contributed by atoms with Crippen LogP contribution in [0, 0.1) is 0 Å². The summed E-state index contributed by atoms with van der Waals surface area (Å²) in [5.41, 5.74) is 1.08. The zero-order valence-corrected chi connectivity index (χ0v) is 10.0. The molecule has 1 heterocycles. The molecule has 1 aliphatic rings. The van der Waals surface area contributed by atoms with Crippen LogP contribution in [0.2, 0.25) is 0 Å². The molecule has 0 atom stereocenters. The number of nitrogens with one attached hydrogen (secondary N) is 1. The highest BCUT2D eigenvalue weighted by Gasteiger charge is 2.20. The Bertz CT molecular complexity index is 329. The second-order valence-electron chi connectivity index (χ2n) is 4.38. The fourth-order valence-electron chi connectivity index (χ4n) is 2.08. The van der Waals surface area contributed by atoms with Crippen LogP contribution in [0.3, 0.4) is 0 Å². The van der Waals surface area contributed by atoms with Gasteiger partial charge in [-0.25, -0.2) is 0 Å². The van der Waals surface area contributed by atoms with Gasteiger partial charge in [0.25, 0.3) is 0 Å². The van der Waals surface area contributed by atoms with E-state index in [0.29, 0.717) is 6.42 Å². The number of amides is 1. The summed E-state index contributed by atoms with van der Waals surface area (Å²) in [7, 11) is 0. The third-order valence-electron chi connectivity index (χ3n) is 3.01. The van der Waals surface area contributed by atoms with Crippen LogP contribution in [-0.4, -0.2) is 23.2 Å². The maximum Gasteiger partial charge on any atom is 0.224 e. The molecule has 2 rings (SSSR count). The molecule has 1 amide bonds. The minimum absolute atomic E-state index is 0.0970. The number of carbonyl (C=O) groups is 1. The molecule has 0 aliphatic heterocycles. The molecule has 1 saturated carbocycles. The number of aliphatic hydroxyl groups excluding tert-OH is 1. The highest BCUT2D eigenvalue weighted by molar-refractivity contribution is 7.07. The van der Waals surface area contributed by atoms with Gasteiger partial charge < -0.3 is 10.4 Å². The molecule has 4 heteroatoms. The van der Waals surface area contributed by atoms with Crippen LogP contribution in [0.25, 0.3) is 0 Å². The first-order valence-corrected chi connectivity index (χ1v) is 6.67. The third kappa shape index (κ3) is 3.32. The number of hydrogen-bond acceptors (Lipinski definition) is 3. The van der Waals surface area contributed by atoms with Gasteiger partial charge >= 0.3 is 0 Å². The van der Waals surface area contributed by atoms with E-state index < -0.39 is 0 Å². The van der Waals surface area contributed by atoms with E-state index in [2.05, 4.69) is 5.32 Å². The Kier molecular flexibility index (Phi) is 3.96. The lowest BCUT2D eigenvalue weighted by molar-refractivity contribution is -0.121. The summed E-state index contributed by atoms with van der Waals surface area (Å²) in [5.74, 6) is 0.0970. The molecule has 2 N–H and O–H groups in total. The molecule has 0 unspecified atom stereocenters. The van der Waals surface area contributed by atoms with Crippen molar-refractivity contribution in [2.45, 2.75) is 44.2 Å². The van der Waals surface area contributed by atoms with Gasteiger partial charge in [0.05, 0.1) is 12.5 Å². The first-order chi connectivity index (χ1) is 7.74. The molecule has 16 heavy (non-hydrogen) atoms. The van der Waals surface area contributed by atoms with E-state index in [4.69, 9.17) is 0 Å². The molecule has 3 nitrogen and oxygen atoms in total. The molecule has 1 aliphatic carbocycles. The van der Waals surface area contributed by atoms with Crippen molar-refractivity contribution in [3.8, 4) is 0 Å². The predicted molar refractivity (Wildman–Crippen MR) is 64.4 cm³/mol. The number of thiophene rings is 1. The maximum absolute atomic E-state index is 11.7. The van der Waals surface area contributed by atoms with Gasteiger partial charge in [0, 0.05) is 6.04 Å². The van der Waals surface area contributed by atoms with Crippen LogP contribution in [0.5, 0.6) is 0 Å². The monoisotopic (exact) mass is 239 g/mol. The molecule has 0 spiro atoms. The topological polar surface area (TPSA) is 49.3 Å². The average Bonchev–Trinajstić information content (AvgIpc) is 2.74. The predicted octanol–water partition coefficient (Wildman–Crippen LogP) is 1.71. The van der Waals surface area contributed by atoms with Gasteiger partial charge in [-0.1, -0.05) is 0 Å². The lowest BCUT2D eigenvalue weighted by Gasteiger charge is -2.26. The molecule has 1 fully saturated rings. The van der Waals surface area contributed by atoms with Crippen LogP contribution in [0.1, 0.15) is 31.2 Å². The Hall–Kier alpha value is -0.870. The summed E-state index contributed by atoms with van der Waals surface area (Å²) in [5, 5.41) is 16.4. The van der Waals surface area contributed by atoms with Crippen molar-refractivity contribution >= 4 is 17.2 Å². The smallest absolute Gasteiger partial charge is 0.224 e. The minimum atomic E-state index is -0.162. The number of aliphatic hydroxyl groups is 1. The fourth-order valence-corrected chi connectivity index (χ4v) is 2.75. The normalized spacial score (nSPS) is 25.3. The second kappa shape index (κ2) is 5.46. The molecule has 0 bridgehead atoms. The molecular formula is C12H17NO2S. The zero-order valence-electron chi connectivity index (χ0n) is 9.19. The highest BCUT2D eigenvalue weighted by atomic mass is 32.1. The Morgan fingerprint density at radius 1 is 1.44 bits per heavy atom. The number of hydrogen-bond donors (Lipinski definition) is 2. The molecular weight excluding hydrogens is 222 g/mol. The van der Waals surface area contributed by atoms with E-state index in [1.165, 1.54) is 0 Å². The standard InChI is InChI=1S/C12H17NO2S/c14-11-3-1-10(2-4-11)13-12(15)7-9-5-6-16-8-9/h5-6,8,10-11,14H,1-4,7H2,(H,13,15). The molecule has 0 saturated heterocycles. The average molecular weight is 239 g/mol. The van der Waals surface area contributed by atoms with Gasteiger partial charge in [-0.2, -0.15) is 11.3 Å². The van der Waals surface area contributed by atoms with E-state index in [-0.39, 0.29) is 18.1 Å². The van der Waals surface area contributed by atoms with E-state index in [1.807, 2.05) is 16.8 Å². The Morgan fingerprint density at radius 3 is 2.81 bits per heavy atom. The second-order valence-corrected chi connectivity index (χ2v) is 5.16. The van der Waals surface area contributed by atoms with E-state index in [0.717, 1.165) is 31.2 Å². The first kappa shape index (κ1) is 11.6. The van der Waals surface area contributed by atoms with Crippen molar-refractivity contribution in [1.29, 1.82) is 0 Å². The molecule has 1 aromatic heterocycles. The summed E-state index contributed by atoms with van der Waals surface area (Å²) in [6.45, 7) is 0. The first-order valence-electron chi connectivity index (χ1n) is 5.72. The van der Waals surface area contributed by atoms with E-state index in [9.17, 15) is 9.90 Å². The van der Waals surface area contributed by atoms with Crippen LogP contribution < -0.4 is 5.32 Å². The van der Waals surface area contributed by atoms with E-state index >= 15 is 0 Å². The van der Waals surface area contributed by atoms with Gasteiger partial charge in [0.2, 0.25) is 5.91 Å². The molecule has 0 radical (unpaired) electrons. The van der Waals surface area contributed by atoms with Crippen LogP contribution in [0.15, 0.2) is 16.8 Å². The molecule has 0 aromatic carbocycles.